The van der Waals surface area contributed by atoms with E-state index in [1.54, 1.807) is 18.2 Å². The first-order valence-electron chi connectivity index (χ1n) is 7.15. The van der Waals surface area contributed by atoms with Crippen LogP contribution in [0.2, 0.25) is 0 Å². The molecule has 0 aliphatic rings. The number of anilines is 3. The van der Waals surface area contributed by atoms with Gasteiger partial charge < -0.3 is 10.6 Å². The lowest BCUT2D eigenvalue weighted by Crippen LogP contribution is -2.07. The standard InChI is InChI=1S/C16H21FN4/c1-5-18-14-9-15(21-16(20-14)10(2)3)19-13-8-11(4)6-7-12(13)17/h6-10H,5H2,1-4H3,(H2,18,19,20,21). The van der Waals surface area contributed by atoms with Crippen molar-refractivity contribution in [2.45, 2.75) is 33.6 Å². The highest BCUT2D eigenvalue weighted by atomic mass is 19.1. The summed E-state index contributed by atoms with van der Waals surface area (Å²) in [6, 6.07) is 6.74. The van der Waals surface area contributed by atoms with Gasteiger partial charge >= 0.3 is 0 Å². The van der Waals surface area contributed by atoms with Crippen molar-refractivity contribution < 1.29 is 4.39 Å². The maximum Gasteiger partial charge on any atom is 0.146 e. The highest BCUT2D eigenvalue weighted by molar-refractivity contribution is 5.60. The molecule has 1 aromatic heterocycles. The zero-order valence-corrected chi connectivity index (χ0v) is 12.9. The van der Waals surface area contributed by atoms with Gasteiger partial charge in [-0.2, -0.15) is 0 Å². The highest BCUT2D eigenvalue weighted by Gasteiger charge is 2.10. The third-order valence-corrected chi connectivity index (χ3v) is 3.00. The SMILES string of the molecule is CCNc1cc(Nc2cc(C)ccc2F)nc(C(C)C)n1. The number of rotatable bonds is 5. The van der Waals surface area contributed by atoms with Crippen LogP contribution in [-0.2, 0) is 0 Å². The largest absolute Gasteiger partial charge is 0.370 e. The average Bonchev–Trinajstić information content (AvgIpc) is 2.43. The van der Waals surface area contributed by atoms with Gasteiger partial charge in [0, 0.05) is 18.5 Å². The number of hydrogen-bond donors (Lipinski definition) is 2. The molecular weight excluding hydrogens is 267 g/mol. The fourth-order valence-corrected chi connectivity index (χ4v) is 1.93. The van der Waals surface area contributed by atoms with E-state index >= 15 is 0 Å². The molecule has 1 heterocycles. The summed E-state index contributed by atoms with van der Waals surface area (Å²) in [6.45, 7) is 8.76. The lowest BCUT2D eigenvalue weighted by Gasteiger charge is -2.13. The number of hydrogen-bond acceptors (Lipinski definition) is 4. The molecule has 0 fully saturated rings. The molecule has 2 rings (SSSR count). The van der Waals surface area contributed by atoms with E-state index < -0.39 is 0 Å². The van der Waals surface area contributed by atoms with E-state index in [-0.39, 0.29) is 11.7 Å². The van der Waals surface area contributed by atoms with Gasteiger partial charge in [0.25, 0.3) is 0 Å². The molecule has 112 valence electrons. The van der Waals surface area contributed by atoms with Gasteiger partial charge in [0.2, 0.25) is 0 Å². The Morgan fingerprint density at radius 2 is 1.86 bits per heavy atom. The minimum atomic E-state index is -0.296. The molecule has 0 bridgehead atoms. The second-order valence-electron chi connectivity index (χ2n) is 5.29. The summed E-state index contributed by atoms with van der Waals surface area (Å²) in [5.41, 5.74) is 1.41. The topological polar surface area (TPSA) is 49.8 Å². The van der Waals surface area contributed by atoms with Crippen LogP contribution in [0.5, 0.6) is 0 Å². The quantitative estimate of drug-likeness (QED) is 0.864. The van der Waals surface area contributed by atoms with E-state index in [1.165, 1.54) is 6.07 Å². The van der Waals surface area contributed by atoms with E-state index in [9.17, 15) is 4.39 Å². The molecule has 0 saturated carbocycles. The normalized spacial score (nSPS) is 10.8. The monoisotopic (exact) mass is 288 g/mol. The Labute approximate surface area is 124 Å². The number of nitrogens with zero attached hydrogens (tertiary/aromatic N) is 2. The predicted octanol–water partition coefficient (Wildman–Crippen LogP) is 4.22. The van der Waals surface area contributed by atoms with Gasteiger partial charge in [0.1, 0.15) is 23.3 Å². The van der Waals surface area contributed by atoms with Gasteiger partial charge in [-0.25, -0.2) is 14.4 Å². The van der Waals surface area contributed by atoms with Crippen LogP contribution in [0.15, 0.2) is 24.3 Å². The van der Waals surface area contributed by atoms with Crippen molar-refractivity contribution in [1.82, 2.24) is 9.97 Å². The molecule has 0 radical (unpaired) electrons. The first-order valence-corrected chi connectivity index (χ1v) is 7.15. The molecule has 5 heteroatoms. The van der Waals surface area contributed by atoms with Crippen molar-refractivity contribution in [3.63, 3.8) is 0 Å². The van der Waals surface area contributed by atoms with Gasteiger partial charge in [-0.3, -0.25) is 0 Å². The molecule has 2 N–H and O–H groups in total. The van der Waals surface area contributed by atoms with Crippen LogP contribution in [0.25, 0.3) is 0 Å². The first kappa shape index (κ1) is 15.2. The predicted molar refractivity (Wildman–Crippen MR) is 84.7 cm³/mol. The van der Waals surface area contributed by atoms with Crippen LogP contribution in [0, 0.1) is 12.7 Å². The summed E-state index contributed by atoms with van der Waals surface area (Å²) in [7, 11) is 0. The van der Waals surface area contributed by atoms with Crippen molar-refractivity contribution in [1.29, 1.82) is 0 Å². The van der Waals surface area contributed by atoms with E-state index in [4.69, 9.17) is 0 Å². The molecular formula is C16H21FN4. The molecule has 0 spiro atoms. The molecule has 0 atom stereocenters. The smallest absolute Gasteiger partial charge is 0.146 e. The Morgan fingerprint density at radius 1 is 1.14 bits per heavy atom. The molecule has 2 aromatic rings. The third kappa shape index (κ3) is 3.90. The minimum absolute atomic E-state index is 0.200. The van der Waals surface area contributed by atoms with Gasteiger partial charge in [-0.1, -0.05) is 19.9 Å². The van der Waals surface area contributed by atoms with E-state index in [0.717, 1.165) is 23.8 Å². The van der Waals surface area contributed by atoms with E-state index in [0.29, 0.717) is 11.5 Å². The summed E-state index contributed by atoms with van der Waals surface area (Å²) >= 11 is 0. The maximum atomic E-state index is 13.8. The van der Waals surface area contributed by atoms with Crippen molar-refractivity contribution in [3.8, 4) is 0 Å². The molecule has 0 aliphatic carbocycles. The summed E-state index contributed by atoms with van der Waals surface area (Å²) in [6.07, 6.45) is 0. The van der Waals surface area contributed by atoms with E-state index in [1.807, 2.05) is 27.7 Å². The van der Waals surface area contributed by atoms with Crippen molar-refractivity contribution in [2.75, 3.05) is 17.2 Å². The van der Waals surface area contributed by atoms with Crippen LogP contribution in [0.4, 0.5) is 21.7 Å². The molecule has 4 nitrogen and oxygen atoms in total. The van der Waals surface area contributed by atoms with Crippen LogP contribution in [-0.4, -0.2) is 16.5 Å². The van der Waals surface area contributed by atoms with Crippen molar-refractivity contribution in [3.05, 3.63) is 41.5 Å². The Morgan fingerprint density at radius 3 is 2.52 bits per heavy atom. The summed E-state index contributed by atoms with van der Waals surface area (Å²) in [4.78, 5) is 8.90. The van der Waals surface area contributed by atoms with Crippen LogP contribution in [0.3, 0.4) is 0 Å². The number of halogens is 1. The molecule has 0 saturated heterocycles. The van der Waals surface area contributed by atoms with Gasteiger partial charge in [0.15, 0.2) is 0 Å². The minimum Gasteiger partial charge on any atom is -0.370 e. The van der Waals surface area contributed by atoms with Gasteiger partial charge in [-0.15, -0.1) is 0 Å². The summed E-state index contributed by atoms with van der Waals surface area (Å²) < 4.78 is 13.8. The molecule has 0 amide bonds. The van der Waals surface area contributed by atoms with E-state index in [2.05, 4.69) is 20.6 Å². The van der Waals surface area contributed by atoms with Crippen molar-refractivity contribution >= 4 is 17.3 Å². The van der Waals surface area contributed by atoms with Crippen LogP contribution >= 0.6 is 0 Å². The Balaban J connectivity index is 2.36. The number of aromatic nitrogens is 2. The highest BCUT2D eigenvalue weighted by Crippen LogP contribution is 2.23. The lowest BCUT2D eigenvalue weighted by atomic mass is 10.2. The fraction of sp³-hybridized carbons (Fsp3) is 0.375. The van der Waals surface area contributed by atoms with Crippen LogP contribution in [0.1, 0.15) is 38.1 Å². The van der Waals surface area contributed by atoms with Crippen molar-refractivity contribution in [2.24, 2.45) is 0 Å². The number of benzene rings is 1. The zero-order valence-electron chi connectivity index (χ0n) is 12.9. The average molecular weight is 288 g/mol. The summed E-state index contributed by atoms with van der Waals surface area (Å²) in [5, 5.41) is 6.21. The molecule has 21 heavy (non-hydrogen) atoms. The maximum absolute atomic E-state index is 13.8. The Kier molecular flexibility index (Phi) is 4.73. The molecule has 1 aromatic carbocycles. The number of nitrogens with one attached hydrogen (secondary N) is 2. The third-order valence-electron chi connectivity index (χ3n) is 3.00. The first-order chi connectivity index (χ1) is 9.99. The fourth-order valence-electron chi connectivity index (χ4n) is 1.93. The Hall–Kier alpha value is -2.17. The number of aryl methyl sites for hydroxylation is 1. The molecule has 0 aliphatic heterocycles. The zero-order chi connectivity index (χ0) is 15.4. The van der Waals surface area contributed by atoms with Gasteiger partial charge in [0.05, 0.1) is 5.69 Å². The van der Waals surface area contributed by atoms with Gasteiger partial charge in [-0.05, 0) is 31.5 Å². The summed E-state index contributed by atoms with van der Waals surface area (Å²) in [5.74, 6) is 1.96. The molecule has 0 unspecified atom stereocenters. The lowest BCUT2D eigenvalue weighted by molar-refractivity contribution is 0.631. The Bertz CT molecular complexity index is 626. The second kappa shape index (κ2) is 6.52. The second-order valence-corrected chi connectivity index (χ2v) is 5.29. The van der Waals surface area contributed by atoms with Crippen LogP contribution < -0.4 is 10.6 Å².